The molecule has 172 valence electrons. The number of alkyl halides is 6. The van der Waals surface area contributed by atoms with Crippen molar-refractivity contribution in [2.75, 3.05) is 19.6 Å². The van der Waals surface area contributed by atoms with Gasteiger partial charge in [0.1, 0.15) is 5.76 Å². The summed E-state index contributed by atoms with van der Waals surface area (Å²) >= 11 is 0. The number of hydrogen-bond donors (Lipinski definition) is 2. The fraction of sp³-hybridized carbons (Fsp3) is 0.667. The third-order valence-electron chi connectivity index (χ3n) is 3.06. The molecular formula is C12H17ClF6N2O6S2. The van der Waals surface area contributed by atoms with Crippen LogP contribution in [0.3, 0.4) is 0 Å². The lowest BCUT2D eigenvalue weighted by Gasteiger charge is -2.18. The zero-order chi connectivity index (χ0) is 21.6. The topological polar surface area (TPSA) is 111 Å². The summed E-state index contributed by atoms with van der Waals surface area (Å²) in [6, 6.07) is 0. The average molecular weight is 499 g/mol. The molecule has 8 nitrogen and oxygen atoms in total. The highest BCUT2D eigenvalue weighted by molar-refractivity contribution is 7.87. The second-order valence-corrected chi connectivity index (χ2v) is 8.35. The molecule has 2 rings (SSSR count). The molecule has 2 heterocycles. The van der Waals surface area contributed by atoms with Crippen LogP contribution in [0.1, 0.15) is 12.8 Å². The van der Waals surface area contributed by atoms with Crippen molar-refractivity contribution < 1.29 is 51.5 Å². The molecule has 0 aromatic rings. The summed E-state index contributed by atoms with van der Waals surface area (Å²) in [5.74, 6) is -0.166. The summed E-state index contributed by atoms with van der Waals surface area (Å²) in [5, 5.41) is 5.51. The molecule has 2 aliphatic rings. The van der Waals surface area contributed by atoms with Gasteiger partial charge in [-0.3, -0.25) is 4.18 Å². The molecule has 0 saturated carbocycles. The van der Waals surface area contributed by atoms with Gasteiger partial charge in [-0.2, -0.15) is 43.2 Å². The SMILES string of the molecule is Cl.O=S(=O)(OC1=CCNCC1)C(F)(F)F.O=S(=O)(OC1C=CNCC1)C(F)(F)F. The molecule has 2 N–H and O–H groups in total. The van der Waals surface area contributed by atoms with E-state index in [-0.39, 0.29) is 31.0 Å². The highest BCUT2D eigenvalue weighted by Crippen LogP contribution is 2.28. The zero-order valence-corrected chi connectivity index (χ0v) is 16.7. The fourth-order valence-electron chi connectivity index (χ4n) is 1.74. The summed E-state index contributed by atoms with van der Waals surface area (Å²) in [5.41, 5.74) is -10.7. The third-order valence-corrected chi connectivity index (χ3v) is 5.13. The molecule has 0 amide bonds. The Morgan fingerprint density at radius 2 is 1.55 bits per heavy atom. The van der Waals surface area contributed by atoms with E-state index in [4.69, 9.17) is 0 Å². The summed E-state index contributed by atoms with van der Waals surface area (Å²) in [6.07, 6.45) is 3.14. The van der Waals surface area contributed by atoms with Gasteiger partial charge in [0.15, 0.2) is 0 Å². The monoisotopic (exact) mass is 498 g/mol. The molecule has 0 aromatic heterocycles. The fourth-order valence-corrected chi connectivity index (χ4v) is 2.87. The summed E-state index contributed by atoms with van der Waals surface area (Å²) in [7, 11) is -11.0. The first kappa shape index (κ1) is 27.8. The van der Waals surface area contributed by atoms with Crippen molar-refractivity contribution in [1.29, 1.82) is 0 Å². The normalized spacial score (nSPS) is 20.3. The van der Waals surface area contributed by atoms with Crippen LogP contribution in [0.15, 0.2) is 24.1 Å². The molecule has 29 heavy (non-hydrogen) atoms. The molecule has 1 unspecified atom stereocenters. The van der Waals surface area contributed by atoms with Crippen molar-refractivity contribution in [3.05, 3.63) is 24.1 Å². The Kier molecular flexibility index (Phi) is 10.2. The summed E-state index contributed by atoms with van der Waals surface area (Å²) < 4.78 is 121. The lowest BCUT2D eigenvalue weighted by atomic mass is 10.2. The first-order valence-corrected chi connectivity index (χ1v) is 10.3. The van der Waals surface area contributed by atoms with Crippen molar-refractivity contribution in [3.63, 3.8) is 0 Å². The minimum atomic E-state index is -5.49. The molecule has 17 heteroatoms. The van der Waals surface area contributed by atoms with Crippen LogP contribution < -0.4 is 10.6 Å². The summed E-state index contributed by atoms with van der Waals surface area (Å²) in [6.45, 7) is 1.09. The molecule has 0 radical (unpaired) electrons. The van der Waals surface area contributed by atoms with Gasteiger partial charge in [-0.15, -0.1) is 12.4 Å². The maximum Gasteiger partial charge on any atom is 0.534 e. The Balaban J connectivity index is 0.000000523. The second kappa shape index (κ2) is 10.7. The Morgan fingerprint density at radius 1 is 0.966 bits per heavy atom. The van der Waals surface area contributed by atoms with Gasteiger partial charge >= 0.3 is 31.3 Å². The number of hydrogen-bond acceptors (Lipinski definition) is 8. The Labute approximate surface area is 169 Å². The van der Waals surface area contributed by atoms with Gasteiger partial charge in [0.25, 0.3) is 0 Å². The smallest absolute Gasteiger partial charge is 0.391 e. The van der Waals surface area contributed by atoms with Gasteiger partial charge in [-0.1, -0.05) is 0 Å². The van der Waals surface area contributed by atoms with Gasteiger partial charge in [0.2, 0.25) is 0 Å². The van der Waals surface area contributed by atoms with Crippen LogP contribution in [0, 0.1) is 0 Å². The minimum Gasteiger partial charge on any atom is -0.391 e. The average Bonchev–Trinajstić information content (AvgIpc) is 2.54. The molecule has 0 fully saturated rings. The zero-order valence-electron chi connectivity index (χ0n) is 14.3. The van der Waals surface area contributed by atoms with E-state index in [2.05, 4.69) is 19.0 Å². The van der Waals surface area contributed by atoms with Crippen LogP contribution >= 0.6 is 12.4 Å². The predicted molar refractivity (Wildman–Crippen MR) is 90.5 cm³/mol. The van der Waals surface area contributed by atoms with Crippen LogP contribution in [-0.4, -0.2) is 53.6 Å². The van der Waals surface area contributed by atoms with Crippen LogP contribution in [0.25, 0.3) is 0 Å². The van der Waals surface area contributed by atoms with E-state index >= 15 is 0 Å². The van der Waals surface area contributed by atoms with Crippen molar-refractivity contribution >= 4 is 32.6 Å². The van der Waals surface area contributed by atoms with Gasteiger partial charge in [-0.05, 0) is 24.8 Å². The maximum atomic E-state index is 11.8. The van der Waals surface area contributed by atoms with E-state index < -0.39 is 37.4 Å². The minimum absolute atomic E-state index is 0. The van der Waals surface area contributed by atoms with Crippen molar-refractivity contribution in [2.24, 2.45) is 0 Å². The second-order valence-electron chi connectivity index (χ2n) is 5.24. The van der Waals surface area contributed by atoms with E-state index in [0.717, 1.165) is 0 Å². The van der Waals surface area contributed by atoms with Gasteiger partial charge < -0.3 is 14.8 Å². The highest BCUT2D eigenvalue weighted by atomic mass is 35.5. The van der Waals surface area contributed by atoms with E-state index in [1.807, 2.05) is 0 Å². The molecule has 0 spiro atoms. The van der Waals surface area contributed by atoms with Crippen molar-refractivity contribution in [1.82, 2.24) is 10.6 Å². The standard InChI is InChI=1S/2C6H8F3NO3S.ClH/c2*7-6(8,9)14(11,12)13-5-1-3-10-4-2-5;/h1,10H,2-4H2;1,3,5,10H,2,4H2;1H. The molecular weight excluding hydrogens is 482 g/mol. The van der Waals surface area contributed by atoms with Crippen LogP contribution in [0.4, 0.5) is 26.3 Å². The van der Waals surface area contributed by atoms with Crippen LogP contribution in [0.2, 0.25) is 0 Å². The van der Waals surface area contributed by atoms with Gasteiger partial charge in [0.05, 0.1) is 6.10 Å². The van der Waals surface area contributed by atoms with Gasteiger partial charge in [-0.25, -0.2) is 0 Å². The van der Waals surface area contributed by atoms with Gasteiger partial charge in [0, 0.05) is 26.1 Å². The molecule has 0 bridgehead atoms. The lowest BCUT2D eigenvalue weighted by molar-refractivity contribution is -0.0562. The van der Waals surface area contributed by atoms with Crippen molar-refractivity contribution in [3.8, 4) is 0 Å². The molecule has 2 aliphatic heterocycles. The summed E-state index contributed by atoms with van der Waals surface area (Å²) in [4.78, 5) is 0. The first-order valence-electron chi connectivity index (χ1n) is 7.46. The Bertz CT molecular complexity index is 795. The largest absolute Gasteiger partial charge is 0.534 e. The Morgan fingerprint density at radius 3 is 1.97 bits per heavy atom. The molecule has 1 atom stereocenters. The molecule has 0 aromatic carbocycles. The number of nitrogens with one attached hydrogen (secondary N) is 2. The van der Waals surface area contributed by atoms with E-state index in [1.54, 1.807) is 0 Å². The molecule has 0 saturated heterocycles. The predicted octanol–water partition coefficient (Wildman–Crippen LogP) is 1.88. The first-order chi connectivity index (χ1) is 12.7. The van der Waals surface area contributed by atoms with Crippen LogP contribution in [0.5, 0.6) is 0 Å². The van der Waals surface area contributed by atoms with E-state index in [9.17, 15) is 43.2 Å². The third kappa shape index (κ3) is 8.98. The van der Waals surface area contributed by atoms with E-state index in [1.165, 1.54) is 18.4 Å². The number of rotatable bonds is 4. The van der Waals surface area contributed by atoms with Crippen molar-refractivity contribution in [2.45, 2.75) is 30.0 Å². The number of halogens is 7. The van der Waals surface area contributed by atoms with E-state index in [0.29, 0.717) is 19.6 Å². The van der Waals surface area contributed by atoms with Crippen LogP contribution in [-0.2, 0) is 28.6 Å². The molecule has 0 aliphatic carbocycles. The quantitative estimate of drug-likeness (QED) is 0.343. The Hall–Kier alpha value is -1.23. The maximum absolute atomic E-state index is 11.8. The lowest BCUT2D eigenvalue weighted by Crippen LogP contribution is -2.32. The highest BCUT2D eigenvalue weighted by Gasteiger charge is 2.49.